The van der Waals surface area contributed by atoms with Crippen molar-refractivity contribution < 1.29 is 18.7 Å². The fourth-order valence-electron chi connectivity index (χ4n) is 2.60. The van der Waals surface area contributed by atoms with Crippen molar-refractivity contribution in [2.45, 2.75) is 6.92 Å². The second-order valence-electron chi connectivity index (χ2n) is 5.69. The van der Waals surface area contributed by atoms with Crippen LogP contribution in [0.3, 0.4) is 0 Å². The third kappa shape index (κ3) is 3.91. The zero-order chi connectivity index (χ0) is 18.0. The third-order valence-corrected chi connectivity index (χ3v) is 4.15. The Morgan fingerprint density at radius 1 is 1.28 bits per heavy atom. The molecule has 0 bridgehead atoms. The van der Waals surface area contributed by atoms with E-state index in [1.54, 1.807) is 18.2 Å². The summed E-state index contributed by atoms with van der Waals surface area (Å²) in [6, 6.07) is 9.15. The number of Topliss-reactive ketones (excluding diaryl/α,β-unsaturated/α-hetero) is 1. The zero-order valence-corrected chi connectivity index (χ0v) is 14.3. The van der Waals surface area contributed by atoms with Crippen LogP contribution in [0.15, 0.2) is 36.4 Å². The predicted octanol–water partition coefficient (Wildman–Crippen LogP) is 3.52. The molecular weight excluding hydrogens is 347 g/mol. The summed E-state index contributed by atoms with van der Waals surface area (Å²) in [7, 11) is 0. The number of halogens is 2. The van der Waals surface area contributed by atoms with E-state index in [0.29, 0.717) is 35.8 Å². The Morgan fingerprint density at radius 3 is 2.80 bits per heavy atom. The molecule has 1 aliphatic rings. The third-order valence-electron chi connectivity index (χ3n) is 3.86. The summed E-state index contributed by atoms with van der Waals surface area (Å²) < 4.78 is 18.8. The molecule has 130 valence electrons. The predicted molar refractivity (Wildman–Crippen MR) is 94.2 cm³/mol. The molecule has 0 aromatic heterocycles. The fraction of sp³-hybridized carbons (Fsp3) is 0.222. The van der Waals surface area contributed by atoms with Gasteiger partial charge in [0.2, 0.25) is 5.91 Å². The van der Waals surface area contributed by atoms with Gasteiger partial charge >= 0.3 is 0 Å². The average molecular weight is 363 g/mol. The minimum absolute atomic E-state index is 0.0550. The van der Waals surface area contributed by atoms with Gasteiger partial charge in [-0.05, 0) is 43.3 Å². The van der Waals surface area contributed by atoms with Crippen molar-refractivity contribution in [1.82, 2.24) is 0 Å². The zero-order valence-electron chi connectivity index (χ0n) is 13.5. The molecular formula is C18H16ClFN2O3. The van der Waals surface area contributed by atoms with Gasteiger partial charge in [-0.15, -0.1) is 0 Å². The van der Waals surface area contributed by atoms with Crippen LogP contribution in [0.5, 0.6) is 5.75 Å². The molecule has 1 heterocycles. The van der Waals surface area contributed by atoms with Gasteiger partial charge in [-0.1, -0.05) is 11.6 Å². The molecule has 0 atom stereocenters. The van der Waals surface area contributed by atoms with E-state index in [9.17, 15) is 14.0 Å². The van der Waals surface area contributed by atoms with Crippen LogP contribution in [0.4, 0.5) is 15.8 Å². The lowest BCUT2D eigenvalue weighted by atomic mass is 10.1. The molecule has 0 saturated carbocycles. The van der Waals surface area contributed by atoms with E-state index in [1.807, 2.05) is 4.90 Å². The Morgan fingerprint density at radius 2 is 2.08 bits per heavy atom. The first-order valence-corrected chi connectivity index (χ1v) is 8.09. The number of nitrogens with one attached hydrogen (secondary N) is 1. The van der Waals surface area contributed by atoms with Crippen molar-refractivity contribution in [1.29, 1.82) is 0 Å². The van der Waals surface area contributed by atoms with Crippen LogP contribution in [-0.4, -0.2) is 31.4 Å². The number of ether oxygens (including phenoxy) is 1. The second kappa shape index (κ2) is 7.11. The average Bonchev–Trinajstić information content (AvgIpc) is 2.58. The summed E-state index contributed by atoms with van der Waals surface area (Å²) in [5.41, 5.74) is 1.67. The van der Waals surface area contributed by atoms with Gasteiger partial charge in [0.25, 0.3) is 0 Å². The summed E-state index contributed by atoms with van der Waals surface area (Å²) >= 11 is 5.72. The first-order valence-electron chi connectivity index (χ1n) is 7.71. The Kier molecular flexibility index (Phi) is 4.90. The minimum atomic E-state index is -0.543. The summed E-state index contributed by atoms with van der Waals surface area (Å²) in [6.45, 7) is 2.53. The van der Waals surface area contributed by atoms with E-state index in [4.69, 9.17) is 16.3 Å². The normalized spacial score (nSPS) is 13.0. The molecule has 2 aromatic rings. The smallest absolute Gasteiger partial charge is 0.243 e. The highest BCUT2D eigenvalue weighted by molar-refractivity contribution is 6.31. The largest absolute Gasteiger partial charge is 0.490 e. The van der Waals surface area contributed by atoms with Gasteiger partial charge in [-0.2, -0.15) is 0 Å². The van der Waals surface area contributed by atoms with Crippen LogP contribution in [0, 0.1) is 5.82 Å². The van der Waals surface area contributed by atoms with E-state index in [2.05, 4.69) is 5.32 Å². The van der Waals surface area contributed by atoms with Crippen LogP contribution in [0.2, 0.25) is 5.02 Å². The molecule has 1 amide bonds. The molecule has 0 unspecified atom stereocenters. The summed E-state index contributed by atoms with van der Waals surface area (Å²) in [5.74, 6) is -0.241. The quantitative estimate of drug-likeness (QED) is 0.845. The number of hydrogen-bond donors (Lipinski definition) is 1. The maximum absolute atomic E-state index is 13.2. The lowest BCUT2D eigenvalue weighted by Gasteiger charge is -2.31. The van der Waals surface area contributed by atoms with Gasteiger partial charge in [0.15, 0.2) is 5.78 Å². The highest BCUT2D eigenvalue weighted by Crippen LogP contribution is 2.32. The number of anilines is 2. The van der Waals surface area contributed by atoms with E-state index in [-0.39, 0.29) is 23.3 Å². The summed E-state index contributed by atoms with van der Waals surface area (Å²) in [6.07, 6.45) is 0. The van der Waals surface area contributed by atoms with Crippen LogP contribution >= 0.6 is 11.6 Å². The Bertz CT molecular complexity index is 841. The number of ketones is 1. The minimum Gasteiger partial charge on any atom is -0.490 e. The standard InChI is InChI=1S/C18H16ClFN2O3/c1-11(23)12-2-5-17-16(8-12)22(6-7-25-17)10-18(24)21-13-3-4-15(20)14(19)9-13/h2-5,8-9H,6-7,10H2,1H3,(H,21,24). The number of amides is 1. The van der Waals surface area contributed by atoms with Crippen LogP contribution in [0.25, 0.3) is 0 Å². The number of rotatable bonds is 4. The van der Waals surface area contributed by atoms with Gasteiger partial charge in [-0.25, -0.2) is 4.39 Å². The van der Waals surface area contributed by atoms with Crippen molar-refractivity contribution >= 4 is 34.7 Å². The van der Waals surface area contributed by atoms with E-state index in [1.165, 1.54) is 25.1 Å². The van der Waals surface area contributed by atoms with E-state index < -0.39 is 5.82 Å². The van der Waals surface area contributed by atoms with Crippen LogP contribution in [-0.2, 0) is 4.79 Å². The number of fused-ring (bicyclic) bond motifs is 1. The fourth-order valence-corrected chi connectivity index (χ4v) is 2.78. The molecule has 5 nitrogen and oxygen atoms in total. The molecule has 0 saturated heterocycles. The second-order valence-corrected chi connectivity index (χ2v) is 6.09. The lowest BCUT2D eigenvalue weighted by Crippen LogP contribution is -2.39. The number of hydrogen-bond acceptors (Lipinski definition) is 4. The number of nitrogens with zero attached hydrogens (tertiary/aromatic N) is 1. The lowest BCUT2D eigenvalue weighted by molar-refractivity contribution is -0.115. The molecule has 0 aliphatic carbocycles. The SMILES string of the molecule is CC(=O)c1ccc2c(c1)N(CC(=O)Nc1ccc(F)c(Cl)c1)CCO2. The molecule has 1 N–H and O–H groups in total. The molecule has 1 aliphatic heterocycles. The summed E-state index contributed by atoms with van der Waals surface area (Å²) in [5, 5.41) is 2.63. The molecule has 3 rings (SSSR count). The maximum Gasteiger partial charge on any atom is 0.243 e. The Balaban J connectivity index is 1.75. The molecule has 0 radical (unpaired) electrons. The monoisotopic (exact) mass is 362 g/mol. The number of carbonyl (C=O) groups excluding carboxylic acids is 2. The number of carbonyl (C=O) groups is 2. The molecule has 7 heteroatoms. The van der Waals surface area contributed by atoms with Crippen molar-refractivity contribution in [3.8, 4) is 5.75 Å². The van der Waals surface area contributed by atoms with E-state index in [0.717, 1.165) is 0 Å². The van der Waals surface area contributed by atoms with Crippen LogP contribution < -0.4 is 15.0 Å². The van der Waals surface area contributed by atoms with Gasteiger partial charge in [-0.3, -0.25) is 9.59 Å². The van der Waals surface area contributed by atoms with Gasteiger partial charge in [0.05, 0.1) is 23.8 Å². The topological polar surface area (TPSA) is 58.6 Å². The van der Waals surface area contributed by atoms with Crippen LogP contribution in [0.1, 0.15) is 17.3 Å². The van der Waals surface area contributed by atoms with E-state index >= 15 is 0 Å². The Hall–Kier alpha value is -2.60. The van der Waals surface area contributed by atoms with Crippen molar-refractivity contribution in [3.05, 3.63) is 52.8 Å². The molecule has 0 spiro atoms. The first kappa shape index (κ1) is 17.2. The maximum atomic E-state index is 13.2. The first-order chi connectivity index (χ1) is 11.9. The van der Waals surface area contributed by atoms with Crippen molar-refractivity contribution in [3.63, 3.8) is 0 Å². The highest BCUT2D eigenvalue weighted by atomic mass is 35.5. The highest BCUT2D eigenvalue weighted by Gasteiger charge is 2.21. The molecule has 25 heavy (non-hydrogen) atoms. The molecule has 0 fully saturated rings. The Labute approximate surface area is 149 Å². The van der Waals surface area contributed by atoms with Gasteiger partial charge in [0, 0.05) is 11.3 Å². The van der Waals surface area contributed by atoms with Gasteiger partial charge in [0.1, 0.15) is 18.2 Å². The summed E-state index contributed by atoms with van der Waals surface area (Å²) in [4.78, 5) is 25.7. The van der Waals surface area contributed by atoms with Gasteiger partial charge < -0.3 is 15.0 Å². The van der Waals surface area contributed by atoms with Crippen molar-refractivity contribution in [2.75, 3.05) is 29.9 Å². The van der Waals surface area contributed by atoms with Crippen molar-refractivity contribution in [2.24, 2.45) is 0 Å². The molecule has 2 aromatic carbocycles. The number of benzene rings is 2.